The van der Waals surface area contributed by atoms with Crippen molar-refractivity contribution in [3.8, 4) is 0 Å². The highest BCUT2D eigenvalue weighted by atomic mass is 32.3. The maximum Gasteiger partial charge on any atom is 0.332 e. The minimum atomic E-state index is -4.73. The van der Waals surface area contributed by atoms with E-state index in [0.29, 0.717) is 5.56 Å². The molecule has 1 spiro atoms. The van der Waals surface area contributed by atoms with Crippen LogP contribution in [-0.2, 0) is 10.2 Å². The molecule has 7 heteroatoms. The number of amides is 1. The van der Waals surface area contributed by atoms with Crippen molar-refractivity contribution in [3.05, 3.63) is 29.8 Å². The number of halogens is 1. The summed E-state index contributed by atoms with van der Waals surface area (Å²) in [6.45, 7) is 2.68. The van der Waals surface area contributed by atoms with Crippen LogP contribution in [0.3, 0.4) is 0 Å². The van der Waals surface area contributed by atoms with Gasteiger partial charge < -0.3 is 9.80 Å². The van der Waals surface area contributed by atoms with Gasteiger partial charge in [-0.15, -0.1) is 3.89 Å². The zero-order valence-electron chi connectivity index (χ0n) is 13.2. The molecular weight excluding hydrogens is 319 g/mol. The Morgan fingerprint density at radius 3 is 2.26 bits per heavy atom. The summed E-state index contributed by atoms with van der Waals surface area (Å²) < 4.78 is 34.7. The Kier molecular flexibility index (Phi) is 4.18. The van der Waals surface area contributed by atoms with Crippen molar-refractivity contribution in [2.24, 2.45) is 0 Å². The fraction of sp³-hybridized carbons (Fsp3) is 0.562. The molecule has 3 rings (SSSR count). The highest BCUT2D eigenvalue weighted by Gasteiger charge is 2.45. The van der Waals surface area contributed by atoms with Crippen LogP contribution < -0.4 is 0 Å². The van der Waals surface area contributed by atoms with Crippen molar-refractivity contribution in [3.63, 3.8) is 0 Å². The molecule has 2 saturated heterocycles. The maximum atomic E-state index is 12.9. The average molecular weight is 340 g/mol. The van der Waals surface area contributed by atoms with Crippen molar-refractivity contribution in [2.45, 2.75) is 36.1 Å². The number of rotatable bonds is 2. The fourth-order valence-electron chi connectivity index (χ4n) is 3.73. The van der Waals surface area contributed by atoms with Gasteiger partial charge in [-0.3, -0.25) is 4.79 Å². The van der Waals surface area contributed by atoms with Gasteiger partial charge in [-0.2, -0.15) is 8.42 Å². The van der Waals surface area contributed by atoms with E-state index in [0.717, 1.165) is 57.5 Å². The van der Waals surface area contributed by atoms with E-state index >= 15 is 0 Å². The van der Waals surface area contributed by atoms with Crippen LogP contribution in [0.2, 0.25) is 0 Å². The number of hydrogen-bond acceptors (Lipinski definition) is 4. The Balaban J connectivity index is 1.82. The van der Waals surface area contributed by atoms with Gasteiger partial charge in [-0.1, -0.05) is 0 Å². The van der Waals surface area contributed by atoms with Crippen LogP contribution in [0.1, 0.15) is 36.0 Å². The highest BCUT2D eigenvalue weighted by Crippen LogP contribution is 2.39. The van der Waals surface area contributed by atoms with Gasteiger partial charge in [0.15, 0.2) is 0 Å². The van der Waals surface area contributed by atoms with Gasteiger partial charge in [0.05, 0.1) is 4.90 Å². The smallest absolute Gasteiger partial charge is 0.332 e. The predicted octanol–water partition coefficient (Wildman–Crippen LogP) is 2.05. The van der Waals surface area contributed by atoms with Gasteiger partial charge in [0.1, 0.15) is 0 Å². The van der Waals surface area contributed by atoms with Gasteiger partial charge in [0, 0.05) is 30.7 Å². The molecule has 2 aliphatic heterocycles. The van der Waals surface area contributed by atoms with Crippen molar-refractivity contribution < 1.29 is 17.1 Å². The molecule has 1 aromatic carbocycles. The average Bonchev–Trinajstić information content (AvgIpc) is 2.92. The van der Waals surface area contributed by atoms with Crippen LogP contribution in [0.15, 0.2) is 29.2 Å². The maximum absolute atomic E-state index is 12.9. The minimum absolute atomic E-state index is 0.0750. The standard InChI is InChI=1S/C16H21FN2O3S/c1-18-11-8-16(9-12-18)7-2-10-19(16)15(20)13-3-5-14(6-4-13)23(17,21)22/h3-6H,2,7-12H2,1H3. The van der Waals surface area contributed by atoms with Crippen molar-refractivity contribution >= 4 is 16.1 Å². The second-order valence-corrected chi connectivity index (χ2v) is 7.90. The predicted molar refractivity (Wildman–Crippen MR) is 84.5 cm³/mol. The number of nitrogens with zero attached hydrogens (tertiary/aromatic N) is 2. The SMILES string of the molecule is CN1CCC2(CCCN2C(=O)c2ccc(S(=O)(=O)F)cc2)CC1. The third-order valence-electron chi connectivity index (χ3n) is 5.14. The van der Waals surface area contributed by atoms with Crippen molar-refractivity contribution in [1.29, 1.82) is 0 Å². The van der Waals surface area contributed by atoms with E-state index < -0.39 is 15.1 Å². The molecule has 0 aromatic heterocycles. The Morgan fingerprint density at radius 1 is 1.09 bits per heavy atom. The van der Waals surface area contributed by atoms with Crippen LogP contribution in [0.4, 0.5) is 3.89 Å². The normalized spacial score (nSPS) is 21.7. The lowest BCUT2D eigenvalue weighted by atomic mass is 9.85. The monoisotopic (exact) mass is 340 g/mol. The second-order valence-electron chi connectivity index (χ2n) is 6.55. The highest BCUT2D eigenvalue weighted by molar-refractivity contribution is 7.86. The van der Waals surface area contributed by atoms with Gasteiger partial charge in [-0.25, -0.2) is 0 Å². The summed E-state index contributed by atoms with van der Waals surface area (Å²) in [5.74, 6) is -0.0881. The van der Waals surface area contributed by atoms with E-state index in [1.165, 1.54) is 12.1 Å². The summed E-state index contributed by atoms with van der Waals surface area (Å²) in [6, 6.07) is 5.10. The molecule has 0 aliphatic carbocycles. The molecule has 2 fully saturated rings. The molecule has 0 N–H and O–H groups in total. The molecule has 1 amide bonds. The molecule has 2 aliphatic rings. The van der Waals surface area contributed by atoms with Gasteiger partial charge in [0.2, 0.25) is 0 Å². The zero-order valence-corrected chi connectivity index (χ0v) is 14.0. The Morgan fingerprint density at radius 2 is 1.70 bits per heavy atom. The Hall–Kier alpha value is -1.47. The van der Waals surface area contributed by atoms with Crippen LogP contribution in [-0.4, -0.2) is 56.3 Å². The number of piperidine rings is 1. The minimum Gasteiger partial charge on any atom is -0.333 e. The largest absolute Gasteiger partial charge is 0.333 e. The second kappa shape index (κ2) is 5.87. The lowest BCUT2D eigenvalue weighted by molar-refractivity contribution is 0.0408. The lowest BCUT2D eigenvalue weighted by Gasteiger charge is -2.44. The van der Waals surface area contributed by atoms with E-state index in [1.54, 1.807) is 0 Å². The van der Waals surface area contributed by atoms with Crippen LogP contribution >= 0.6 is 0 Å². The van der Waals surface area contributed by atoms with E-state index in [1.807, 2.05) is 4.90 Å². The van der Waals surface area contributed by atoms with E-state index in [2.05, 4.69) is 11.9 Å². The van der Waals surface area contributed by atoms with Gasteiger partial charge >= 0.3 is 10.2 Å². The molecule has 0 atom stereocenters. The molecule has 0 radical (unpaired) electrons. The molecular formula is C16H21FN2O3S. The number of carbonyl (C=O) groups excluding carboxylic acids is 1. The van der Waals surface area contributed by atoms with Crippen LogP contribution in [0.25, 0.3) is 0 Å². The quantitative estimate of drug-likeness (QED) is 0.773. The molecule has 0 saturated carbocycles. The first kappa shape index (κ1) is 16.4. The molecule has 126 valence electrons. The summed E-state index contributed by atoms with van der Waals surface area (Å²) in [5, 5.41) is 0. The zero-order chi connectivity index (χ0) is 16.7. The summed E-state index contributed by atoms with van der Waals surface area (Å²) in [6.07, 6.45) is 3.94. The molecule has 2 heterocycles. The van der Waals surface area contributed by atoms with E-state index in [9.17, 15) is 17.1 Å². The van der Waals surface area contributed by atoms with E-state index in [4.69, 9.17) is 0 Å². The number of likely N-dealkylation sites (tertiary alicyclic amines) is 2. The van der Waals surface area contributed by atoms with Gasteiger partial charge in [-0.05, 0) is 57.0 Å². The summed E-state index contributed by atoms with van der Waals surface area (Å²) >= 11 is 0. The third-order valence-corrected chi connectivity index (χ3v) is 5.98. The molecule has 23 heavy (non-hydrogen) atoms. The Labute approximate surface area is 136 Å². The summed E-state index contributed by atoms with van der Waals surface area (Å²) in [7, 11) is -2.64. The molecule has 5 nitrogen and oxygen atoms in total. The first-order valence-corrected chi connectivity index (χ1v) is 9.25. The number of hydrogen-bond donors (Lipinski definition) is 0. The lowest BCUT2D eigenvalue weighted by Crippen LogP contribution is -2.53. The number of carbonyl (C=O) groups is 1. The van der Waals surface area contributed by atoms with Crippen molar-refractivity contribution in [1.82, 2.24) is 9.80 Å². The van der Waals surface area contributed by atoms with Crippen molar-refractivity contribution in [2.75, 3.05) is 26.7 Å². The first-order valence-electron chi connectivity index (χ1n) is 7.87. The molecule has 0 bridgehead atoms. The topological polar surface area (TPSA) is 57.7 Å². The molecule has 1 aromatic rings. The van der Waals surface area contributed by atoms with Crippen LogP contribution in [0, 0.1) is 0 Å². The van der Waals surface area contributed by atoms with Crippen LogP contribution in [0.5, 0.6) is 0 Å². The summed E-state index contributed by atoms with van der Waals surface area (Å²) in [4.78, 5) is 16.6. The molecule has 0 unspecified atom stereocenters. The van der Waals surface area contributed by atoms with E-state index in [-0.39, 0.29) is 11.4 Å². The Bertz CT molecular complexity index is 695. The first-order chi connectivity index (χ1) is 10.8. The third kappa shape index (κ3) is 3.12. The fourth-order valence-corrected chi connectivity index (χ4v) is 4.19. The number of benzene rings is 1. The van der Waals surface area contributed by atoms with Gasteiger partial charge in [0.25, 0.3) is 5.91 Å². The summed E-state index contributed by atoms with van der Waals surface area (Å²) in [5.41, 5.74) is 0.339.